The van der Waals surface area contributed by atoms with Crippen LogP contribution >= 0.6 is 0 Å². The van der Waals surface area contributed by atoms with Crippen LogP contribution in [0.15, 0.2) is 133 Å². The summed E-state index contributed by atoms with van der Waals surface area (Å²) in [6.07, 6.45) is 0. The van der Waals surface area contributed by atoms with Crippen molar-refractivity contribution in [2.75, 3.05) is 0 Å². The second-order valence-electron chi connectivity index (χ2n) is 9.96. The first-order valence-corrected chi connectivity index (χ1v) is 13.3. The van der Waals surface area contributed by atoms with E-state index in [-0.39, 0.29) is 0 Å². The first-order chi connectivity index (χ1) is 19.8. The summed E-state index contributed by atoms with van der Waals surface area (Å²) in [6, 6.07) is 48.2. The van der Waals surface area contributed by atoms with Gasteiger partial charge >= 0.3 is 0 Å². The second-order valence-corrected chi connectivity index (χ2v) is 9.96. The zero-order valence-electron chi connectivity index (χ0n) is 21.5. The minimum absolute atomic E-state index is 0.619. The van der Waals surface area contributed by atoms with E-state index in [1.54, 1.807) is 0 Å². The lowest BCUT2D eigenvalue weighted by atomic mass is 10.1. The number of benzene rings is 5. The van der Waals surface area contributed by atoms with Crippen LogP contribution < -0.4 is 0 Å². The van der Waals surface area contributed by atoms with Crippen molar-refractivity contribution in [3.05, 3.63) is 139 Å². The molecular formula is C36H22N4. The number of nitriles is 1. The topological polar surface area (TPSA) is 46.5 Å². The molecule has 0 bridgehead atoms. The van der Waals surface area contributed by atoms with Gasteiger partial charge in [0.15, 0.2) is 0 Å². The third kappa shape index (κ3) is 3.22. The first-order valence-electron chi connectivity index (χ1n) is 13.3. The molecule has 3 aromatic heterocycles. The van der Waals surface area contributed by atoms with Gasteiger partial charge in [0.25, 0.3) is 0 Å². The van der Waals surface area contributed by atoms with Crippen LogP contribution in [0.4, 0.5) is 0 Å². The molecule has 0 aliphatic rings. The smallest absolute Gasteiger partial charge is 0.138 e. The number of nitrogens with zero attached hydrogens (tertiary/aromatic N) is 4. The summed E-state index contributed by atoms with van der Waals surface area (Å²) in [4.78, 5) is 5.16. The molecule has 0 unspecified atom stereocenters. The SMILES string of the molecule is N#Cc1ccc(-c2cccc(-n3c4ccccc4c4ccccc43)n2)cc1-n1c2ccccc2c2ccccc21. The van der Waals surface area contributed by atoms with Crippen molar-refractivity contribution < 1.29 is 0 Å². The molecule has 0 amide bonds. The van der Waals surface area contributed by atoms with Gasteiger partial charge in [0.2, 0.25) is 0 Å². The number of para-hydroxylation sites is 4. The van der Waals surface area contributed by atoms with Crippen molar-refractivity contribution in [1.29, 1.82) is 5.26 Å². The highest BCUT2D eigenvalue weighted by Crippen LogP contribution is 2.35. The standard InChI is InChI=1S/C36H22N4/c37-23-25-21-20-24(22-35(25)39-31-15-5-1-10-26(31)27-11-2-6-16-32(27)39)30-14-9-19-36(38-30)40-33-17-7-3-12-28(33)29-13-4-8-18-34(29)40/h1-22H. The molecule has 40 heavy (non-hydrogen) atoms. The predicted octanol–water partition coefficient (Wildman–Crippen LogP) is 8.81. The maximum absolute atomic E-state index is 10.1. The zero-order chi connectivity index (χ0) is 26.6. The molecular weight excluding hydrogens is 488 g/mol. The largest absolute Gasteiger partial charge is 0.308 e. The molecule has 4 nitrogen and oxygen atoms in total. The number of hydrogen-bond acceptors (Lipinski definition) is 2. The molecule has 0 aliphatic heterocycles. The summed E-state index contributed by atoms with van der Waals surface area (Å²) in [5.41, 5.74) is 7.67. The molecule has 0 radical (unpaired) electrons. The van der Waals surface area contributed by atoms with E-state index in [0.717, 1.165) is 44.8 Å². The lowest BCUT2D eigenvalue weighted by molar-refractivity contribution is 1.08. The van der Waals surface area contributed by atoms with Gasteiger partial charge < -0.3 is 4.57 Å². The van der Waals surface area contributed by atoms with Crippen LogP contribution in [0.5, 0.6) is 0 Å². The van der Waals surface area contributed by atoms with Gasteiger partial charge in [-0.05, 0) is 48.5 Å². The monoisotopic (exact) mass is 510 g/mol. The van der Waals surface area contributed by atoms with Crippen molar-refractivity contribution >= 4 is 43.6 Å². The Balaban J connectivity index is 1.35. The lowest BCUT2D eigenvalue weighted by Crippen LogP contribution is -2.00. The van der Waals surface area contributed by atoms with Crippen LogP contribution in [0.1, 0.15) is 5.56 Å². The maximum Gasteiger partial charge on any atom is 0.138 e. The zero-order valence-corrected chi connectivity index (χ0v) is 21.5. The van der Waals surface area contributed by atoms with Crippen LogP contribution in [0.2, 0.25) is 0 Å². The van der Waals surface area contributed by atoms with E-state index >= 15 is 0 Å². The molecule has 4 heteroatoms. The maximum atomic E-state index is 10.1. The van der Waals surface area contributed by atoms with Crippen molar-refractivity contribution in [2.45, 2.75) is 0 Å². The summed E-state index contributed by atoms with van der Waals surface area (Å²) in [5.74, 6) is 0.859. The van der Waals surface area contributed by atoms with Crippen molar-refractivity contribution in [1.82, 2.24) is 14.1 Å². The van der Waals surface area contributed by atoms with E-state index in [2.05, 4.69) is 118 Å². The normalized spacial score (nSPS) is 11.5. The van der Waals surface area contributed by atoms with E-state index in [1.807, 2.05) is 30.3 Å². The number of aromatic nitrogens is 3. The van der Waals surface area contributed by atoms with Crippen LogP contribution in [-0.4, -0.2) is 14.1 Å². The third-order valence-electron chi connectivity index (χ3n) is 7.78. The average molecular weight is 511 g/mol. The van der Waals surface area contributed by atoms with Gasteiger partial charge in [-0.15, -0.1) is 0 Å². The predicted molar refractivity (Wildman–Crippen MR) is 163 cm³/mol. The Hall–Kier alpha value is -5.66. The molecule has 5 aromatic carbocycles. The van der Waals surface area contributed by atoms with Crippen LogP contribution in [-0.2, 0) is 0 Å². The highest BCUT2D eigenvalue weighted by atomic mass is 15.1. The molecule has 0 atom stereocenters. The van der Waals surface area contributed by atoms with Crippen molar-refractivity contribution in [2.24, 2.45) is 0 Å². The average Bonchev–Trinajstić information content (AvgIpc) is 3.54. The van der Waals surface area contributed by atoms with Gasteiger partial charge in [-0.25, -0.2) is 4.98 Å². The van der Waals surface area contributed by atoms with E-state index in [1.165, 1.54) is 21.5 Å². The van der Waals surface area contributed by atoms with Gasteiger partial charge in [0.05, 0.1) is 39.0 Å². The van der Waals surface area contributed by atoms with Crippen molar-refractivity contribution in [3.8, 4) is 28.8 Å². The van der Waals surface area contributed by atoms with Gasteiger partial charge in [-0.2, -0.15) is 5.26 Å². The van der Waals surface area contributed by atoms with Crippen LogP contribution in [0.25, 0.3) is 66.4 Å². The Labute approximate surface area is 230 Å². The first kappa shape index (κ1) is 22.3. The van der Waals surface area contributed by atoms with Crippen molar-refractivity contribution in [3.63, 3.8) is 0 Å². The quantitative estimate of drug-likeness (QED) is 0.238. The van der Waals surface area contributed by atoms with E-state index in [0.29, 0.717) is 5.56 Å². The minimum atomic E-state index is 0.619. The fourth-order valence-electron chi connectivity index (χ4n) is 6.03. The fourth-order valence-corrected chi connectivity index (χ4v) is 6.03. The van der Waals surface area contributed by atoms with Gasteiger partial charge in [-0.3, -0.25) is 4.57 Å². The Morgan fingerprint density at radius 3 is 1.52 bits per heavy atom. The molecule has 8 aromatic rings. The molecule has 0 aliphatic carbocycles. The Kier molecular flexibility index (Phi) is 4.85. The molecule has 0 spiro atoms. The number of rotatable bonds is 3. The Morgan fingerprint density at radius 2 is 1.00 bits per heavy atom. The highest BCUT2D eigenvalue weighted by Gasteiger charge is 2.17. The minimum Gasteiger partial charge on any atom is -0.308 e. The van der Waals surface area contributed by atoms with Crippen LogP contribution in [0.3, 0.4) is 0 Å². The molecule has 3 heterocycles. The summed E-state index contributed by atoms with van der Waals surface area (Å²) < 4.78 is 4.43. The van der Waals surface area contributed by atoms with E-state index < -0.39 is 0 Å². The molecule has 0 N–H and O–H groups in total. The number of fused-ring (bicyclic) bond motifs is 6. The number of pyridine rings is 1. The number of hydrogen-bond donors (Lipinski definition) is 0. The summed E-state index contributed by atoms with van der Waals surface area (Å²) in [6.45, 7) is 0. The molecule has 0 saturated carbocycles. The third-order valence-corrected chi connectivity index (χ3v) is 7.78. The van der Waals surface area contributed by atoms with Gasteiger partial charge in [0, 0.05) is 27.1 Å². The fraction of sp³-hybridized carbons (Fsp3) is 0. The summed E-state index contributed by atoms with van der Waals surface area (Å²) in [5, 5.41) is 14.9. The molecule has 0 saturated heterocycles. The molecule has 0 fully saturated rings. The second kappa shape index (κ2) is 8.69. The summed E-state index contributed by atoms with van der Waals surface area (Å²) >= 11 is 0. The summed E-state index contributed by atoms with van der Waals surface area (Å²) in [7, 11) is 0. The van der Waals surface area contributed by atoms with E-state index in [4.69, 9.17) is 4.98 Å². The Bertz CT molecular complexity index is 2190. The van der Waals surface area contributed by atoms with Gasteiger partial charge in [-0.1, -0.05) is 84.9 Å². The lowest BCUT2D eigenvalue weighted by Gasteiger charge is -2.13. The van der Waals surface area contributed by atoms with E-state index in [9.17, 15) is 5.26 Å². The molecule has 186 valence electrons. The Morgan fingerprint density at radius 1 is 0.500 bits per heavy atom. The van der Waals surface area contributed by atoms with Gasteiger partial charge in [0.1, 0.15) is 11.9 Å². The van der Waals surface area contributed by atoms with Crippen LogP contribution in [0, 0.1) is 11.3 Å². The molecule has 8 rings (SSSR count). The highest BCUT2D eigenvalue weighted by molar-refractivity contribution is 6.10.